The van der Waals surface area contributed by atoms with E-state index in [1.807, 2.05) is 26.0 Å². The van der Waals surface area contributed by atoms with Crippen LogP contribution in [-0.2, 0) is 0 Å². The van der Waals surface area contributed by atoms with Crippen molar-refractivity contribution in [2.75, 3.05) is 5.73 Å². The van der Waals surface area contributed by atoms with E-state index < -0.39 is 0 Å². The summed E-state index contributed by atoms with van der Waals surface area (Å²) in [5, 5.41) is 0. The smallest absolute Gasteiger partial charge is 0.219 e. The van der Waals surface area contributed by atoms with Gasteiger partial charge in [0, 0.05) is 11.8 Å². The quantitative estimate of drug-likeness (QED) is 0.809. The molecule has 0 spiro atoms. The maximum Gasteiger partial charge on any atom is 0.219 e. The van der Waals surface area contributed by atoms with Gasteiger partial charge >= 0.3 is 0 Å². The zero-order valence-electron chi connectivity index (χ0n) is 9.70. The van der Waals surface area contributed by atoms with E-state index in [4.69, 9.17) is 10.5 Å². The normalized spacial score (nSPS) is 10.3. The van der Waals surface area contributed by atoms with Crippen molar-refractivity contribution in [3.05, 3.63) is 47.4 Å². The maximum absolute atomic E-state index is 12.7. The van der Waals surface area contributed by atoms with Crippen LogP contribution in [0.1, 0.15) is 11.1 Å². The largest absolute Gasteiger partial charge is 0.439 e. The summed E-state index contributed by atoms with van der Waals surface area (Å²) < 4.78 is 18.3. The van der Waals surface area contributed by atoms with E-state index in [-0.39, 0.29) is 5.82 Å². The summed E-state index contributed by atoms with van der Waals surface area (Å²) in [4.78, 5) is 3.84. The lowest BCUT2D eigenvalue weighted by Crippen LogP contribution is -1.95. The number of aromatic nitrogens is 1. The average molecular weight is 232 g/mol. The van der Waals surface area contributed by atoms with Crippen LogP contribution in [0, 0.1) is 19.7 Å². The second kappa shape index (κ2) is 4.41. The molecule has 4 heteroatoms. The number of anilines is 1. The van der Waals surface area contributed by atoms with Gasteiger partial charge in [0.25, 0.3) is 0 Å². The fourth-order valence-corrected chi connectivity index (χ4v) is 1.46. The van der Waals surface area contributed by atoms with Gasteiger partial charge in [-0.3, -0.25) is 0 Å². The Balaban J connectivity index is 2.30. The van der Waals surface area contributed by atoms with Gasteiger partial charge in [0.05, 0.1) is 6.20 Å². The molecule has 88 valence electrons. The molecule has 0 saturated heterocycles. The highest BCUT2D eigenvalue weighted by molar-refractivity contribution is 5.54. The molecular formula is C13H13FN2O. The molecule has 0 aliphatic carbocycles. The zero-order chi connectivity index (χ0) is 12.4. The van der Waals surface area contributed by atoms with Crippen molar-refractivity contribution >= 4 is 5.69 Å². The number of pyridine rings is 1. The molecule has 17 heavy (non-hydrogen) atoms. The Morgan fingerprint density at radius 1 is 1.18 bits per heavy atom. The van der Waals surface area contributed by atoms with Gasteiger partial charge < -0.3 is 10.5 Å². The highest BCUT2D eigenvalue weighted by Crippen LogP contribution is 2.27. The lowest BCUT2D eigenvalue weighted by atomic mass is 10.1. The van der Waals surface area contributed by atoms with Gasteiger partial charge in [0.2, 0.25) is 5.88 Å². The van der Waals surface area contributed by atoms with Gasteiger partial charge in [-0.25, -0.2) is 9.37 Å². The fourth-order valence-electron chi connectivity index (χ4n) is 1.46. The molecule has 0 saturated carbocycles. The van der Waals surface area contributed by atoms with Gasteiger partial charge in [-0.15, -0.1) is 0 Å². The monoisotopic (exact) mass is 232 g/mol. The second-order valence-corrected chi connectivity index (χ2v) is 3.89. The molecule has 0 aliphatic heterocycles. The number of hydrogen-bond donors (Lipinski definition) is 1. The molecule has 0 atom stereocenters. The lowest BCUT2D eigenvalue weighted by molar-refractivity contribution is 0.455. The Morgan fingerprint density at radius 3 is 2.59 bits per heavy atom. The standard InChI is InChI=1S/C13H13FN2O/c1-8-6-12(9(2)5-11(8)15)17-13-4-3-10(14)7-16-13/h3-7H,15H2,1-2H3. The van der Waals surface area contributed by atoms with Crippen LogP contribution in [0.25, 0.3) is 0 Å². The highest BCUT2D eigenvalue weighted by Gasteiger charge is 2.05. The van der Waals surface area contributed by atoms with Crippen molar-refractivity contribution in [2.24, 2.45) is 0 Å². The number of rotatable bonds is 2. The van der Waals surface area contributed by atoms with Gasteiger partial charge in [-0.1, -0.05) is 0 Å². The first-order chi connectivity index (χ1) is 8.06. The predicted molar refractivity (Wildman–Crippen MR) is 64.6 cm³/mol. The topological polar surface area (TPSA) is 48.1 Å². The Bertz CT molecular complexity index is 538. The molecule has 3 nitrogen and oxygen atoms in total. The number of nitrogen functional groups attached to an aromatic ring is 1. The summed E-state index contributed by atoms with van der Waals surface area (Å²) in [6.07, 6.45) is 1.12. The maximum atomic E-state index is 12.7. The van der Waals surface area contributed by atoms with Gasteiger partial charge in [-0.2, -0.15) is 0 Å². The SMILES string of the molecule is Cc1cc(Oc2ccc(F)cn2)c(C)cc1N. The Hall–Kier alpha value is -2.10. The average Bonchev–Trinajstić information content (AvgIpc) is 2.29. The summed E-state index contributed by atoms with van der Waals surface area (Å²) in [7, 11) is 0. The van der Waals surface area contributed by atoms with Gasteiger partial charge in [-0.05, 0) is 43.2 Å². The second-order valence-electron chi connectivity index (χ2n) is 3.89. The van der Waals surface area contributed by atoms with Crippen LogP contribution in [0.4, 0.5) is 10.1 Å². The van der Waals surface area contributed by atoms with Crippen LogP contribution in [-0.4, -0.2) is 4.98 Å². The Kier molecular flexibility index (Phi) is 2.95. The summed E-state index contributed by atoms with van der Waals surface area (Å²) in [6.45, 7) is 3.80. The third-order valence-electron chi connectivity index (χ3n) is 2.48. The third-order valence-corrected chi connectivity index (χ3v) is 2.48. The summed E-state index contributed by atoms with van der Waals surface area (Å²) in [5.41, 5.74) is 8.36. The third kappa shape index (κ3) is 2.53. The minimum Gasteiger partial charge on any atom is -0.439 e. The number of ether oxygens (including phenoxy) is 1. The molecule has 1 aromatic heterocycles. The van der Waals surface area contributed by atoms with Crippen molar-refractivity contribution < 1.29 is 9.13 Å². The fraction of sp³-hybridized carbons (Fsp3) is 0.154. The minimum atomic E-state index is -0.387. The first kappa shape index (κ1) is 11.4. The number of aryl methyl sites for hydroxylation is 2. The van der Waals surface area contributed by atoms with Gasteiger partial charge in [0.15, 0.2) is 0 Å². The first-order valence-electron chi connectivity index (χ1n) is 5.22. The van der Waals surface area contributed by atoms with E-state index in [0.717, 1.165) is 23.0 Å². The predicted octanol–water partition coefficient (Wildman–Crippen LogP) is 3.21. The number of halogens is 1. The molecule has 2 rings (SSSR count). The van der Waals surface area contributed by atoms with E-state index in [9.17, 15) is 4.39 Å². The van der Waals surface area contributed by atoms with Crippen molar-refractivity contribution in [3.63, 3.8) is 0 Å². The molecule has 0 unspecified atom stereocenters. The molecule has 0 amide bonds. The number of nitrogens with zero attached hydrogens (tertiary/aromatic N) is 1. The van der Waals surface area contributed by atoms with E-state index in [0.29, 0.717) is 11.6 Å². The minimum absolute atomic E-state index is 0.360. The van der Waals surface area contributed by atoms with Crippen LogP contribution in [0.3, 0.4) is 0 Å². The van der Waals surface area contributed by atoms with Crippen LogP contribution >= 0.6 is 0 Å². The van der Waals surface area contributed by atoms with Crippen molar-refractivity contribution in [1.29, 1.82) is 0 Å². The van der Waals surface area contributed by atoms with E-state index in [1.165, 1.54) is 12.1 Å². The highest BCUT2D eigenvalue weighted by atomic mass is 19.1. The zero-order valence-corrected chi connectivity index (χ0v) is 9.70. The molecule has 1 aromatic carbocycles. The van der Waals surface area contributed by atoms with E-state index in [2.05, 4.69) is 4.98 Å². The van der Waals surface area contributed by atoms with Gasteiger partial charge in [0.1, 0.15) is 11.6 Å². The summed E-state index contributed by atoms with van der Waals surface area (Å²) >= 11 is 0. The molecule has 0 radical (unpaired) electrons. The Morgan fingerprint density at radius 2 is 1.94 bits per heavy atom. The number of benzene rings is 1. The molecule has 2 aromatic rings. The molecule has 0 aliphatic rings. The van der Waals surface area contributed by atoms with Crippen molar-refractivity contribution in [2.45, 2.75) is 13.8 Å². The first-order valence-corrected chi connectivity index (χ1v) is 5.22. The lowest BCUT2D eigenvalue weighted by Gasteiger charge is -2.10. The molecular weight excluding hydrogens is 219 g/mol. The van der Waals surface area contributed by atoms with E-state index >= 15 is 0 Å². The molecule has 0 bridgehead atoms. The van der Waals surface area contributed by atoms with Crippen LogP contribution in [0.5, 0.6) is 11.6 Å². The molecule has 0 fully saturated rings. The molecule has 1 heterocycles. The van der Waals surface area contributed by atoms with Crippen LogP contribution in [0.15, 0.2) is 30.5 Å². The number of nitrogens with two attached hydrogens (primary N) is 1. The Labute approximate surface area is 99.1 Å². The van der Waals surface area contributed by atoms with Crippen LogP contribution in [0.2, 0.25) is 0 Å². The van der Waals surface area contributed by atoms with E-state index in [1.54, 1.807) is 0 Å². The van der Waals surface area contributed by atoms with Crippen molar-refractivity contribution in [1.82, 2.24) is 4.98 Å². The molecule has 2 N–H and O–H groups in total. The van der Waals surface area contributed by atoms with Crippen LogP contribution < -0.4 is 10.5 Å². The summed E-state index contributed by atoms with van der Waals surface area (Å²) in [6, 6.07) is 6.48. The number of hydrogen-bond acceptors (Lipinski definition) is 3. The summed E-state index contributed by atoms with van der Waals surface area (Å²) in [5.74, 6) is 0.650. The van der Waals surface area contributed by atoms with Crippen molar-refractivity contribution in [3.8, 4) is 11.6 Å².